The van der Waals surface area contributed by atoms with Crippen LogP contribution >= 0.6 is 0 Å². The summed E-state index contributed by atoms with van der Waals surface area (Å²) in [4.78, 5) is 36.0. The molecule has 0 aliphatic carbocycles. The van der Waals surface area contributed by atoms with Crippen molar-refractivity contribution in [2.45, 2.75) is 41.0 Å². The minimum Gasteiger partial charge on any atom is -0.481 e. The Morgan fingerprint density at radius 1 is 0.739 bits per heavy atom. The van der Waals surface area contributed by atoms with Gasteiger partial charge in [-0.1, -0.05) is 6.92 Å². The van der Waals surface area contributed by atoms with Crippen LogP contribution < -0.4 is 11.1 Å². The van der Waals surface area contributed by atoms with Gasteiger partial charge in [0.1, 0.15) is 0 Å². The second-order valence-corrected chi connectivity index (χ2v) is 3.61. The Morgan fingerprint density at radius 2 is 0.957 bits per heavy atom. The molecule has 0 heterocycles. The Hall–Kier alpha value is -2.20. The van der Waals surface area contributed by atoms with Crippen molar-refractivity contribution in [3.63, 3.8) is 0 Å². The molecular weight excluding hydrogens is 312 g/mol. The number of carbonyl (C=O) groups is 4. The monoisotopic (exact) mass is 342 g/mol. The molecule has 0 aliphatic heterocycles. The van der Waals surface area contributed by atoms with Crippen molar-refractivity contribution in [2.75, 3.05) is 19.6 Å². The topological polar surface area (TPSA) is 187 Å². The molecule has 0 bridgehead atoms. The summed E-state index contributed by atoms with van der Waals surface area (Å²) in [5.41, 5.74) is 5.21. The van der Waals surface area contributed by atoms with Crippen LogP contribution in [0.4, 0.5) is 0 Å². The van der Waals surface area contributed by atoms with E-state index in [2.05, 4.69) is 12.2 Å². The first-order chi connectivity index (χ1) is 10.3. The van der Waals surface area contributed by atoms with E-state index in [0.29, 0.717) is 0 Å². The van der Waals surface area contributed by atoms with Crippen LogP contribution in [0, 0.1) is 0 Å². The number of nitrogens with two attached hydrogens (primary N) is 1. The predicted octanol–water partition coefficient (Wildman–Crippen LogP) is 0.308. The van der Waals surface area contributed by atoms with Crippen LogP contribution in [0.15, 0.2) is 0 Å². The normalized spacial score (nSPS) is 7.22. The molecule has 140 valence electrons. The highest BCUT2D eigenvalue weighted by Crippen LogP contribution is 1.65. The zero-order valence-electron chi connectivity index (χ0n) is 14.3. The maximum absolute atomic E-state index is 9.00. The summed E-state index contributed by atoms with van der Waals surface area (Å²) in [5.74, 6) is -3.33. The Morgan fingerprint density at radius 3 is 1.09 bits per heavy atom. The summed E-state index contributed by atoms with van der Waals surface area (Å²) in [6, 6.07) is 0. The summed E-state index contributed by atoms with van der Waals surface area (Å²) in [6.45, 7) is 9.27. The molecular formula is C13H30N2O8. The Labute approximate surface area is 136 Å². The molecule has 0 unspecified atom stereocenters. The van der Waals surface area contributed by atoms with Gasteiger partial charge in [0.15, 0.2) is 0 Å². The van der Waals surface area contributed by atoms with Crippen molar-refractivity contribution >= 4 is 23.9 Å². The number of aliphatic carboxylic acids is 4. The quantitative estimate of drug-likeness (QED) is 0.388. The maximum atomic E-state index is 9.00. The van der Waals surface area contributed by atoms with E-state index in [1.54, 1.807) is 0 Å². The average molecular weight is 342 g/mol. The van der Waals surface area contributed by atoms with Crippen molar-refractivity contribution in [2.24, 2.45) is 5.73 Å². The molecule has 0 radical (unpaired) electrons. The Balaban J connectivity index is -0.0000000604. The Kier molecular flexibility index (Phi) is 45.4. The zero-order valence-corrected chi connectivity index (χ0v) is 14.3. The molecule has 0 aliphatic rings. The van der Waals surface area contributed by atoms with Gasteiger partial charge in [0.05, 0.1) is 0 Å². The van der Waals surface area contributed by atoms with Gasteiger partial charge in [0, 0.05) is 40.8 Å². The molecule has 10 nitrogen and oxygen atoms in total. The highest BCUT2D eigenvalue weighted by atomic mass is 16.4. The van der Waals surface area contributed by atoms with Crippen LogP contribution in [0.3, 0.4) is 0 Å². The number of rotatable bonds is 4. The third-order valence-corrected chi connectivity index (χ3v) is 0.748. The summed E-state index contributed by atoms with van der Waals surface area (Å²) >= 11 is 0. The van der Waals surface area contributed by atoms with Gasteiger partial charge in [0.2, 0.25) is 0 Å². The first-order valence-electron chi connectivity index (χ1n) is 6.53. The van der Waals surface area contributed by atoms with Crippen LogP contribution in [-0.2, 0) is 19.2 Å². The third-order valence-electron chi connectivity index (χ3n) is 0.748. The van der Waals surface area contributed by atoms with Gasteiger partial charge in [-0.25, -0.2) is 0 Å². The summed E-state index contributed by atoms with van der Waals surface area (Å²) in [6.07, 6.45) is 1.19. The van der Waals surface area contributed by atoms with Crippen LogP contribution in [0.2, 0.25) is 0 Å². The van der Waals surface area contributed by atoms with Crippen LogP contribution in [0.1, 0.15) is 41.0 Å². The fourth-order valence-corrected chi connectivity index (χ4v) is 0.404. The average Bonchev–Trinajstić information content (AvgIpc) is 2.26. The lowest BCUT2D eigenvalue weighted by molar-refractivity contribution is -0.135. The van der Waals surface area contributed by atoms with E-state index < -0.39 is 23.9 Å². The van der Waals surface area contributed by atoms with Gasteiger partial charge in [-0.15, -0.1) is 0 Å². The van der Waals surface area contributed by atoms with Crippen molar-refractivity contribution < 1.29 is 39.6 Å². The van der Waals surface area contributed by atoms with E-state index in [0.717, 1.165) is 47.3 Å². The number of carboxylic acid groups (broad SMARTS) is 4. The van der Waals surface area contributed by atoms with Crippen molar-refractivity contribution in [3.8, 4) is 0 Å². The summed E-state index contributed by atoms with van der Waals surface area (Å²) in [5, 5.41) is 32.8. The van der Waals surface area contributed by atoms with Gasteiger partial charge in [-0.3, -0.25) is 19.2 Å². The minimum absolute atomic E-state index is 0.750. The fraction of sp³-hybridized carbons (Fsp3) is 0.692. The van der Waals surface area contributed by atoms with Crippen LogP contribution in [-0.4, -0.2) is 63.9 Å². The fourth-order valence-electron chi connectivity index (χ4n) is 0.404. The second-order valence-electron chi connectivity index (χ2n) is 3.61. The second kappa shape index (κ2) is 31.9. The molecule has 0 aromatic carbocycles. The Bertz CT molecular complexity index is 228. The summed E-state index contributed by atoms with van der Waals surface area (Å²) in [7, 11) is 0. The molecule has 0 saturated carbocycles. The van der Waals surface area contributed by atoms with E-state index in [-0.39, 0.29) is 0 Å². The molecule has 10 heteroatoms. The molecule has 0 spiro atoms. The third kappa shape index (κ3) is 1940. The highest BCUT2D eigenvalue weighted by molar-refractivity contribution is 5.63. The molecule has 0 atom stereocenters. The van der Waals surface area contributed by atoms with Crippen molar-refractivity contribution in [1.82, 2.24) is 5.32 Å². The van der Waals surface area contributed by atoms with E-state index >= 15 is 0 Å². The lowest BCUT2D eigenvalue weighted by Gasteiger charge is -1.95. The van der Waals surface area contributed by atoms with Gasteiger partial charge in [0.25, 0.3) is 23.9 Å². The minimum atomic E-state index is -0.833. The van der Waals surface area contributed by atoms with Gasteiger partial charge >= 0.3 is 0 Å². The van der Waals surface area contributed by atoms with E-state index in [9.17, 15) is 0 Å². The van der Waals surface area contributed by atoms with Crippen molar-refractivity contribution in [1.29, 1.82) is 0 Å². The number of hydrogen-bond acceptors (Lipinski definition) is 6. The number of hydrogen-bond donors (Lipinski definition) is 6. The largest absolute Gasteiger partial charge is 0.481 e. The molecule has 0 rings (SSSR count). The van der Waals surface area contributed by atoms with Crippen molar-refractivity contribution in [3.05, 3.63) is 0 Å². The van der Waals surface area contributed by atoms with Gasteiger partial charge in [-0.05, 0) is 13.0 Å². The SMILES string of the molecule is CC(=O)O.CC(=O)O.CC(=O)O.CC(=O)O.CCCNCCN. The molecule has 0 aromatic heterocycles. The van der Waals surface area contributed by atoms with E-state index in [1.807, 2.05) is 0 Å². The number of nitrogens with one attached hydrogen (secondary N) is 1. The molecule has 0 amide bonds. The van der Waals surface area contributed by atoms with E-state index in [4.69, 9.17) is 45.3 Å². The zero-order chi connectivity index (χ0) is 19.8. The smallest absolute Gasteiger partial charge is 0.300 e. The molecule has 0 saturated heterocycles. The van der Waals surface area contributed by atoms with Gasteiger partial charge in [-0.2, -0.15) is 0 Å². The first kappa shape index (κ1) is 32.7. The predicted molar refractivity (Wildman–Crippen MR) is 85.5 cm³/mol. The molecule has 23 heavy (non-hydrogen) atoms. The number of carboxylic acids is 4. The van der Waals surface area contributed by atoms with Crippen LogP contribution in [0.5, 0.6) is 0 Å². The standard InChI is InChI=1S/C5H14N2.4C2H4O2/c1-2-4-7-5-3-6;4*1-2(3)4/h7H,2-6H2,1H3;4*1H3,(H,3,4). The molecule has 7 N–H and O–H groups in total. The lowest BCUT2D eigenvalue weighted by Crippen LogP contribution is -2.22. The maximum Gasteiger partial charge on any atom is 0.300 e. The highest BCUT2D eigenvalue weighted by Gasteiger charge is 1.76. The first-order valence-corrected chi connectivity index (χ1v) is 6.53. The molecule has 0 fully saturated rings. The summed E-state index contributed by atoms with van der Waals surface area (Å²) < 4.78 is 0. The molecule has 0 aromatic rings. The van der Waals surface area contributed by atoms with E-state index in [1.165, 1.54) is 6.42 Å². The van der Waals surface area contributed by atoms with Crippen LogP contribution in [0.25, 0.3) is 0 Å². The van der Waals surface area contributed by atoms with Gasteiger partial charge < -0.3 is 31.5 Å². The lowest BCUT2D eigenvalue weighted by atomic mass is 10.5.